The smallest absolute Gasteiger partial charge is 0.191 e. The van der Waals surface area contributed by atoms with E-state index in [2.05, 4.69) is 15.6 Å². The molecule has 0 saturated heterocycles. The Balaban J connectivity index is 0.00000625. The number of rotatable bonds is 7. The fourth-order valence-electron chi connectivity index (χ4n) is 2.19. The molecule has 7 heteroatoms. The van der Waals surface area contributed by atoms with Crippen LogP contribution in [0.5, 0.6) is 0 Å². The molecule has 26 heavy (non-hydrogen) atoms. The molecule has 4 nitrogen and oxygen atoms in total. The Labute approximate surface area is 177 Å². The lowest BCUT2D eigenvalue weighted by atomic mass is 9.85. The molecule has 2 N–H and O–H groups in total. The summed E-state index contributed by atoms with van der Waals surface area (Å²) in [5.74, 6) is 1.03. The van der Waals surface area contributed by atoms with Gasteiger partial charge in [0.2, 0.25) is 0 Å². The van der Waals surface area contributed by atoms with Gasteiger partial charge in [0.1, 0.15) is 5.82 Å². The molecular weight excluding hydrogens is 464 g/mol. The van der Waals surface area contributed by atoms with E-state index < -0.39 is 10.8 Å². The molecule has 0 radical (unpaired) electrons. The standard InChI is InChI=1S/C19H32FN3OS.HI/c1-7-21-17(22-11-12-25(24)18(2,3)4)23-14-19(5,6)15-9-8-10-16(20)13-15;/h8-10,13H,7,11-12,14H2,1-6H3,(H2,21,22,23);1H. The number of guanidine groups is 1. The van der Waals surface area contributed by atoms with E-state index in [1.165, 1.54) is 6.07 Å². The Kier molecular flexibility index (Phi) is 10.9. The summed E-state index contributed by atoms with van der Waals surface area (Å²) in [5.41, 5.74) is 0.638. The minimum absolute atomic E-state index is 0. The van der Waals surface area contributed by atoms with Gasteiger partial charge in [0.05, 0.1) is 6.54 Å². The molecule has 1 aromatic rings. The Bertz CT molecular complexity index is 615. The summed E-state index contributed by atoms with van der Waals surface area (Å²) in [6.45, 7) is 13.9. The Hall–Kier alpha value is -0.700. The third-order valence-corrected chi connectivity index (χ3v) is 5.79. The largest absolute Gasteiger partial charge is 0.357 e. The summed E-state index contributed by atoms with van der Waals surface area (Å²) < 4.78 is 25.4. The zero-order valence-corrected chi connectivity index (χ0v) is 19.8. The van der Waals surface area contributed by atoms with E-state index >= 15 is 0 Å². The van der Waals surface area contributed by atoms with Crippen LogP contribution < -0.4 is 10.6 Å². The van der Waals surface area contributed by atoms with Gasteiger partial charge in [-0.3, -0.25) is 9.20 Å². The maximum Gasteiger partial charge on any atom is 0.191 e. The van der Waals surface area contributed by atoms with Crippen LogP contribution in [-0.2, 0) is 16.2 Å². The van der Waals surface area contributed by atoms with Gasteiger partial charge in [-0.05, 0) is 45.4 Å². The SMILES string of the molecule is CCNC(=NCC(C)(C)c1cccc(F)c1)NCCS(=O)C(C)(C)C.I. The van der Waals surface area contributed by atoms with Crippen LogP contribution >= 0.6 is 24.0 Å². The van der Waals surface area contributed by atoms with Gasteiger partial charge in [-0.1, -0.05) is 26.0 Å². The molecule has 1 atom stereocenters. The maximum atomic E-state index is 13.5. The monoisotopic (exact) mass is 497 g/mol. The van der Waals surface area contributed by atoms with Crippen LogP contribution in [0, 0.1) is 5.82 Å². The van der Waals surface area contributed by atoms with Crippen molar-refractivity contribution in [1.82, 2.24) is 10.6 Å². The van der Waals surface area contributed by atoms with E-state index in [4.69, 9.17) is 0 Å². The lowest BCUT2D eigenvalue weighted by molar-refractivity contribution is 0.529. The molecule has 0 aliphatic rings. The van der Waals surface area contributed by atoms with Crippen molar-refractivity contribution in [1.29, 1.82) is 0 Å². The van der Waals surface area contributed by atoms with Crippen molar-refractivity contribution in [3.05, 3.63) is 35.6 Å². The van der Waals surface area contributed by atoms with Crippen molar-refractivity contribution in [3.63, 3.8) is 0 Å². The summed E-state index contributed by atoms with van der Waals surface area (Å²) in [6, 6.07) is 6.65. The highest BCUT2D eigenvalue weighted by molar-refractivity contribution is 14.0. The fraction of sp³-hybridized carbons (Fsp3) is 0.632. The third kappa shape index (κ3) is 8.79. The van der Waals surface area contributed by atoms with E-state index in [1.807, 2.05) is 47.6 Å². The first-order valence-electron chi connectivity index (χ1n) is 8.73. The molecular formula is C19H33FIN3OS. The molecule has 1 aromatic carbocycles. The second-order valence-corrected chi connectivity index (χ2v) is 10.0. The second-order valence-electron chi connectivity index (χ2n) is 7.68. The minimum atomic E-state index is -0.898. The number of benzene rings is 1. The topological polar surface area (TPSA) is 53.5 Å². The van der Waals surface area contributed by atoms with Crippen molar-refractivity contribution in [2.45, 2.75) is 51.7 Å². The highest BCUT2D eigenvalue weighted by atomic mass is 127. The number of hydrogen-bond acceptors (Lipinski definition) is 2. The summed E-state index contributed by atoms with van der Waals surface area (Å²) in [7, 11) is -0.898. The Morgan fingerprint density at radius 2 is 1.85 bits per heavy atom. The van der Waals surface area contributed by atoms with Crippen LogP contribution in [0.3, 0.4) is 0 Å². The Morgan fingerprint density at radius 1 is 1.19 bits per heavy atom. The van der Waals surface area contributed by atoms with Gasteiger partial charge in [-0.25, -0.2) is 4.39 Å². The van der Waals surface area contributed by atoms with Crippen LogP contribution in [0.25, 0.3) is 0 Å². The van der Waals surface area contributed by atoms with Crippen LogP contribution in [0.2, 0.25) is 0 Å². The first-order valence-corrected chi connectivity index (χ1v) is 10.0. The minimum Gasteiger partial charge on any atom is -0.357 e. The molecule has 0 fully saturated rings. The van der Waals surface area contributed by atoms with E-state index in [9.17, 15) is 8.60 Å². The predicted molar refractivity (Wildman–Crippen MR) is 122 cm³/mol. The van der Waals surface area contributed by atoms with Crippen LogP contribution in [0.1, 0.15) is 47.1 Å². The van der Waals surface area contributed by atoms with E-state index in [0.29, 0.717) is 24.8 Å². The molecule has 150 valence electrons. The van der Waals surface area contributed by atoms with Crippen molar-refractivity contribution >= 4 is 40.7 Å². The molecule has 0 saturated carbocycles. The van der Waals surface area contributed by atoms with Gasteiger partial charge in [-0.2, -0.15) is 0 Å². The van der Waals surface area contributed by atoms with Gasteiger partial charge >= 0.3 is 0 Å². The highest BCUT2D eigenvalue weighted by Crippen LogP contribution is 2.24. The van der Waals surface area contributed by atoms with Crippen LogP contribution in [0.4, 0.5) is 4.39 Å². The van der Waals surface area contributed by atoms with Crippen molar-refractivity contribution in [2.75, 3.05) is 25.4 Å². The predicted octanol–water partition coefficient (Wildman–Crippen LogP) is 3.82. The molecule has 0 heterocycles. The molecule has 0 aromatic heterocycles. The fourth-order valence-corrected chi connectivity index (χ4v) is 3.09. The molecule has 0 bridgehead atoms. The zero-order valence-electron chi connectivity index (χ0n) is 16.7. The van der Waals surface area contributed by atoms with Gasteiger partial charge in [0.25, 0.3) is 0 Å². The van der Waals surface area contributed by atoms with Gasteiger partial charge < -0.3 is 10.6 Å². The first kappa shape index (κ1) is 25.3. The first-order chi connectivity index (χ1) is 11.6. The van der Waals surface area contributed by atoms with Gasteiger partial charge in [0, 0.05) is 39.8 Å². The zero-order chi connectivity index (χ0) is 19.1. The third-order valence-electron chi connectivity index (χ3n) is 3.85. The highest BCUT2D eigenvalue weighted by Gasteiger charge is 2.21. The van der Waals surface area contributed by atoms with E-state index in [-0.39, 0.29) is 40.0 Å². The summed E-state index contributed by atoms with van der Waals surface area (Å²) in [6.07, 6.45) is 0. The molecule has 0 amide bonds. The lowest BCUT2D eigenvalue weighted by Crippen LogP contribution is -2.41. The molecule has 1 unspecified atom stereocenters. The summed E-state index contributed by atoms with van der Waals surface area (Å²) >= 11 is 0. The van der Waals surface area contributed by atoms with Gasteiger partial charge in [0.15, 0.2) is 5.96 Å². The molecule has 0 aliphatic heterocycles. The second kappa shape index (κ2) is 11.2. The maximum absolute atomic E-state index is 13.5. The van der Waals surface area contributed by atoms with Crippen molar-refractivity contribution < 1.29 is 8.60 Å². The lowest BCUT2D eigenvalue weighted by Gasteiger charge is -2.24. The Morgan fingerprint density at radius 3 is 2.38 bits per heavy atom. The number of nitrogens with zero attached hydrogens (tertiary/aromatic N) is 1. The van der Waals surface area contributed by atoms with E-state index in [1.54, 1.807) is 12.1 Å². The molecule has 0 aliphatic carbocycles. The number of aliphatic imine (C=N–C) groups is 1. The quantitative estimate of drug-likeness (QED) is 0.342. The number of nitrogens with one attached hydrogen (secondary N) is 2. The molecule has 1 rings (SSSR count). The van der Waals surface area contributed by atoms with Crippen molar-refractivity contribution in [3.8, 4) is 0 Å². The summed E-state index contributed by atoms with van der Waals surface area (Å²) in [5, 5.41) is 6.43. The number of halogens is 2. The average molecular weight is 497 g/mol. The molecule has 0 spiro atoms. The van der Waals surface area contributed by atoms with Crippen molar-refractivity contribution in [2.24, 2.45) is 4.99 Å². The normalized spacial score (nSPS) is 13.7. The van der Waals surface area contributed by atoms with E-state index in [0.717, 1.165) is 12.1 Å². The number of hydrogen-bond donors (Lipinski definition) is 2. The van der Waals surface area contributed by atoms with Gasteiger partial charge in [-0.15, -0.1) is 24.0 Å². The average Bonchev–Trinajstić information content (AvgIpc) is 2.51. The van der Waals surface area contributed by atoms with Crippen LogP contribution in [0.15, 0.2) is 29.3 Å². The van der Waals surface area contributed by atoms with Crippen LogP contribution in [-0.4, -0.2) is 40.3 Å². The summed E-state index contributed by atoms with van der Waals surface area (Å²) in [4.78, 5) is 4.62.